The molecule has 130 valence electrons. The molecule has 25 heavy (non-hydrogen) atoms. The molecular weight excluding hydrogens is 330 g/mol. The zero-order chi connectivity index (χ0) is 18.1. The van der Waals surface area contributed by atoms with Gasteiger partial charge in [-0.25, -0.2) is 18.7 Å². The number of halogens is 2. The number of hydrogen-bond donors (Lipinski definition) is 1. The molecule has 1 atom stereocenters. The first-order valence-corrected chi connectivity index (χ1v) is 7.72. The molecule has 1 aromatic carbocycles. The minimum atomic E-state index is -0.817. The number of aromatic nitrogens is 2. The Kier molecular flexibility index (Phi) is 4.43. The van der Waals surface area contributed by atoms with Crippen LogP contribution in [0.15, 0.2) is 24.4 Å². The molecule has 2 amide bonds. The Bertz CT molecular complexity index is 836. The van der Waals surface area contributed by atoms with Crippen molar-refractivity contribution in [3.63, 3.8) is 0 Å². The van der Waals surface area contributed by atoms with Crippen LogP contribution in [0.2, 0.25) is 0 Å². The number of aryl methyl sites for hydroxylation is 2. The number of hydrogen-bond acceptors (Lipinski definition) is 4. The summed E-state index contributed by atoms with van der Waals surface area (Å²) in [6.07, 6.45) is 1.38. The summed E-state index contributed by atoms with van der Waals surface area (Å²) in [6.45, 7) is 3.39. The van der Waals surface area contributed by atoms with E-state index in [0.29, 0.717) is 17.1 Å². The third-order valence-corrected chi connectivity index (χ3v) is 4.01. The number of rotatable bonds is 3. The van der Waals surface area contributed by atoms with Crippen LogP contribution < -0.4 is 10.2 Å². The first-order chi connectivity index (χ1) is 11.9. The van der Waals surface area contributed by atoms with E-state index in [1.54, 1.807) is 13.8 Å². The van der Waals surface area contributed by atoms with Crippen molar-refractivity contribution in [2.75, 3.05) is 11.4 Å². The van der Waals surface area contributed by atoms with Crippen LogP contribution in [0, 0.1) is 25.5 Å². The van der Waals surface area contributed by atoms with E-state index < -0.39 is 29.5 Å². The molecule has 1 fully saturated rings. The molecule has 1 aromatic heterocycles. The van der Waals surface area contributed by atoms with Crippen LogP contribution in [0.25, 0.3) is 0 Å². The SMILES string of the molecule is Cc1ncc(C(=O)N[C@@H]2CC(=O)N(c3c(F)cccc3F)C2)c(C)n1. The van der Waals surface area contributed by atoms with E-state index in [2.05, 4.69) is 15.3 Å². The Hall–Kier alpha value is -2.90. The first kappa shape index (κ1) is 16.9. The third-order valence-electron chi connectivity index (χ3n) is 4.01. The fourth-order valence-electron chi connectivity index (χ4n) is 2.84. The van der Waals surface area contributed by atoms with Crippen LogP contribution in [0.1, 0.15) is 28.3 Å². The number of para-hydroxylation sites is 1. The number of amides is 2. The van der Waals surface area contributed by atoms with Crippen molar-refractivity contribution in [3.8, 4) is 0 Å². The van der Waals surface area contributed by atoms with E-state index in [0.717, 1.165) is 17.0 Å². The number of nitrogens with one attached hydrogen (secondary N) is 1. The number of anilines is 1. The molecule has 1 N–H and O–H groups in total. The molecule has 1 aliphatic rings. The van der Waals surface area contributed by atoms with E-state index in [1.807, 2.05) is 0 Å². The van der Waals surface area contributed by atoms with Crippen molar-refractivity contribution in [1.82, 2.24) is 15.3 Å². The summed E-state index contributed by atoms with van der Waals surface area (Å²) in [7, 11) is 0. The number of carbonyl (C=O) groups excluding carboxylic acids is 2. The molecule has 1 saturated heterocycles. The van der Waals surface area contributed by atoms with Crippen LogP contribution in [0.5, 0.6) is 0 Å². The van der Waals surface area contributed by atoms with Gasteiger partial charge >= 0.3 is 0 Å². The highest BCUT2D eigenvalue weighted by atomic mass is 19.1. The molecule has 2 aromatic rings. The Morgan fingerprint density at radius 1 is 1.28 bits per heavy atom. The first-order valence-electron chi connectivity index (χ1n) is 7.72. The van der Waals surface area contributed by atoms with Crippen molar-refractivity contribution in [1.29, 1.82) is 0 Å². The smallest absolute Gasteiger partial charge is 0.254 e. The van der Waals surface area contributed by atoms with Crippen LogP contribution >= 0.6 is 0 Å². The molecule has 6 nitrogen and oxygen atoms in total. The van der Waals surface area contributed by atoms with Gasteiger partial charge in [-0.05, 0) is 26.0 Å². The maximum Gasteiger partial charge on any atom is 0.254 e. The highest BCUT2D eigenvalue weighted by Crippen LogP contribution is 2.27. The zero-order valence-corrected chi connectivity index (χ0v) is 13.7. The number of nitrogens with zero attached hydrogens (tertiary/aromatic N) is 3. The summed E-state index contributed by atoms with van der Waals surface area (Å²) in [5.41, 5.74) is 0.430. The molecule has 0 bridgehead atoms. The van der Waals surface area contributed by atoms with E-state index in [1.165, 1.54) is 12.3 Å². The molecule has 0 radical (unpaired) electrons. The predicted molar refractivity (Wildman–Crippen MR) is 86.1 cm³/mol. The summed E-state index contributed by atoms with van der Waals surface area (Å²) in [6, 6.07) is 2.85. The van der Waals surface area contributed by atoms with E-state index in [4.69, 9.17) is 0 Å². The van der Waals surface area contributed by atoms with Gasteiger partial charge in [0.05, 0.1) is 17.3 Å². The second-order valence-electron chi connectivity index (χ2n) is 5.87. The lowest BCUT2D eigenvalue weighted by Crippen LogP contribution is -2.38. The molecular formula is C17H16F2N4O2. The summed E-state index contributed by atoms with van der Waals surface area (Å²) in [5.74, 6) is -1.96. The van der Waals surface area contributed by atoms with Gasteiger partial charge < -0.3 is 10.2 Å². The van der Waals surface area contributed by atoms with Crippen molar-refractivity contribution in [2.24, 2.45) is 0 Å². The van der Waals surface area contributed by atoms with Crippen molar-refractivity contribution in [2.45, 2.75) is 26.3 Å². The molecule has 8 heteroatoms. The van der Waals surface area contributed by atoms with Crippen LogP contribution in [0.3, 0.4) is 0 Å². The van der Waals surface area contributed by atoms with Gasteiger partial charge in [-0.3, -0.25) is 9.59 Å². The molecule has 0 spiro atoms. The standard InChI is InChI=1S/C17H16F2N4O2/c1-9-12(7-20-10(2)21-9)17(25)22-11-6-15(24)23(8-11)16-13(18)4-3-5-14(16)19/h3-5,7,11H,6,8H2,1-2H3,(H,22,25)/t11-/m1/s1. The summed E-state index contributed by atoms with van der Waals surface area (Å²) in [5, 5.41) is 2.70. The van der Waals surface area contributed by atoms with E-state index >= 15 is 0 Å². The van der Waals surface area contributed by atoms with Gasteiger partial charge in [0.2, 0.25) is 5.91 Å². The summed E-state index contributed by atoms with van der Waals surface area (Å²) < 4.78 is 27.8. The minimum Gasteiger partial charge on any atom is -0.347 e. The van der Waals surface area contributed by atoms with Crippen molar-refractivity contribution < 1.29 is 18.4 Å². The monoisotopic (exact) mass is 346 g/mol. The molecule has 2 heterocycles. The quantitative estimate of drug-likeness (QED) is 0.921. The highest BCUT2D eigenvalue weighted by molar-refractivity contribution is 5.99. The Morgan fingerprint density at radius 2 is 1.96 bits per heavy atom. The van der Waals surface area contributed by atoms with Gasteiger partial charge in [-0.1, -0.05) is 6.07 Å². The largest absolute Gasteiger partial charge is 0.347 e. The number of benzene rings is 1. The second-order valence-corrected chi connectivity index (χ2v) is 5.87. The predicted octanol–water partition coefficient (Wildman–Crippen LogP) is 1.91. The van der Waals surface area contributed by atoms with E-state index in [9.17, 15) is 18.4 Å². The summed E-state index contributed by atoms with van der Waals surface area (Å²) in [4.78, 5) is 33.6. The Balaban J connectivity index is 1.76. The lowest BCUT2D eigenvalue weighted by molar-refractivity contribution is -0.117. The Morgan fingerprint density at radius 3 is 2.60 bits per heavy atom. The fraction of sp³-hybridized carbons (Fsp3) is 0.294. The Labute approximate surface area is 142 Å². The normalized spacial score (nSPS) is 17.0. The molecule has 0 saturated carbocycles. The third kappa shape index (κ3) is 3.33. The average Bonchev–Trinajstić information content (AvgIpc) is 2.87. The fourth-order valence-corrected chi connectivity index (χ4v) is 2.84. The van der Waals surface area contributed by atoms with Crippen molar-refractivity contribution >= 4 is 17.5 Å². The maximum atomic E-state index is 13.9. The van der Waals surface area contributed by atoms with Gasteiger partial charge in [0.25, 0.3) is 5.91 Å². The lowest BCUT2D eigenvalue weighted by Gasteiger charge is -2.18. The topological polar surface area (TPSA) is 75.2 Å². The highest BCUT2D eigenvalue weighted by Gasteiger charge is 2.34. The van der Waals surface area contributed by atoms with Crippen LogP contribution in [-0.2, 0) is 4.79 Å². The maximum absolute atomic E-state index is 13.9. The zero-order valence-electron chi connectivity index (χ0n) is 13.7. The van der Waals surface area contributed by atoms with Gasteiger partial charge in [-0.15, -0.1) is 0 Å². The van der Waals surface area contributed by atoms with Gasteiger partial charge in [0.1, 0.15) is 23.1 Å². The average molecular weight is 346 g/mol. The van der Waals surface area contributed by atoms with Crippen molar-refractivity contribution in [3.05, 3.63) is 53.1 Å². The molecule has 0 unspecified atom stereocenters. The van der Waals surface area contributed by atoms with Gasteiger partial charge in [0.15, 0.2) is 0 Å². The van der Waals surface area contributed by atoms with E-state index in [-0.39, 0.29) is 18.7 Å². The van der Waals surface area contributed by atoms with Gasteiger partial charge in [-0.2, -0.15) is 0 Å². The van der Waals surface area contributed by atoms with Gasteiger partial charge in [0, 0.05) is 19.2 Å². The lowest BCUT2D eigenvalue weighted by atomic mass is 10.2. The molecule has 1 aliphatic heterocycles. The second kappa shape index (κ2) is 6.54. The summed E-state index contributed by atoms with van der Waals surface area (Å²) >= 11 is 0. The minimum absolute atomic E-state index is 0.00576. The molecule has 3 rings (SSSR count). The number of carbonyl (C=O) groups is 2. The van der Waals surface area contributed by atoms with Crippen LogP contribution in [0.4, 0.5) is 14.5 Å². The van der Waals surface area contributed by atoms with Crippen LogP contribution in [-0.4, -0.2) is 34.4 Å². The molecule has 0 aliphatic carbocycles.